The number of aryl methyl sites for hydroxylation is 1. The molecule has 2 aliphatic rings. The van der Waals surface area contributed by atoms with Crippen LogP contribution in [0.25, 0.3) is 5.65 Å². The molecule has 2 saturated heterocycles. The van der Waals surface area contributed by atoms with Crippen molar-refractivity contribution in [3.8, 4) is 0 Å². The van der Waals surface area contributed by atoms with Crippen molar-refractivity contribution < 1.29 is 19.1 Å². The number of carbonyl (C=O) groups is 2. The summed E-state index contributed by atoms with van der Waals surface area (Å²) in [6.07, 6.45) is 4.55. The number of morpholine rings is 1. The van der Waals surface area contributed by atoms with Crippen molar-refractivity contribution in [3.63, 3.8) is 0 Å². The quantitative estimate of drug-likeness (QED) is 0.499. The first-order valence-electron chi connectivity index (χ1n) is 11.1. The highest BCUT2D eigenvalue weighted by atomic mass is 16.5. The van der Waals surface area contributed by atoms with E-state index >= 15 is 0 Å². The average molecular weight is 454 g/mol. The molecule has 1 atom stereocenters. The maximum Gasteiger partial charge on any atom is 0.257 e. The highest BCUT2D eigenvalue weighted by Crippen LogP contribution is 2.20. The average Bonchev–Trinajstić information content (AvgIpc) is 3.56. The van der Waals surface area contributed by atoms with Gasteiger partial charge in [0.25, 0.3) is 5.91 Å². The maximum atomic E-state index is 13.2. The van der Waals surface area contributed by atoms with Crippen LogP contribution in [-0.2, 0) is 22.9 Å². The molecule has 1 amide bonds. The van der Waals surface area contributed by atoms with Gasteiger partial charge in [0.15, 0.2) is 11.4 Å². The Morgan fingerprint density at radius 1 is 1.21 bits per heavy atom. The lowest BCUT2D eigenvalue weighted by Gasteiger charge is -2.26. The Kier molecular flexibility index (Phi) is 5.81. The summed E-state index contributed by atoms with van der Waals surface area (Å²) in [6, 6.07) is 3.72. The smallest absolute Gasteiger partial charge is 0.257 e. The second-order valence-electron chi connectivity index (χ2n) is 8.38. The number of fused-ring (bicyclic) bond motifs is 1. The van der Waals surface area contributed by atoms with Crippen LogP contribution in [0.4, 0.5) is 5.95 Å². The second kappa shape index (κ2) is 8.91. The number of amides is 1. The molecule has 0 radical (unpaired) electrons. The molecule has 0 spiro atoms. The van der Waals surface area contributed by atoms with Crippen molar-refractivity contribution in [1.29, 1.82) is 0 Å². The fourth-order valence-corrected chi connectivity index (χ4v) is 4.39. The Hall–Kier alpha value is -3.31. The molecular formula is C22H27N7O4. The minimum Gasteiger partial charge on any atom is -0.380 e. The Morgan fingerprint density at radius 3 is 2.79 bits per heavy atom. The number of pyridine rings is 1. The molecule has 33 heavy (non-hydrogen) atoms. The van der Waals surface area contributed by atoms with Gasteiger partial charge < -0.3 is 19.3 Å². The number of ether oxygens (including phenoxy) is 2. The predicted octanol–water partition coefficient (Wildman–Crippen LogP) is 0.586. The van der Waals surface area contributed by atoms with Gasteiger partial charge >= 0.3 is 0 Å². The van der Waals surface area contributed by atoms with Gasteiger partial charge in [-0.2, -0.15) is 10.1 Å². The lowest BCUT2D eigenvalue weighted by Crippen LogP contribution is -2.41. The Bertz CT molecular complexity index is 1180. The van der Waals surface area contributed by atoms with Crippen LogP contribution in [0.15, 0.2) is 24.5 Å². The molecule has 2 aliphatic heterocycles. The highest BCUT2D eigenvalue weighted by Gasteiger charge is 2.28. The van der Waals surface area contributed by atoms with Gasteiger partial charge in [-0.1, -0.05) is 6.07 Å². The Labute approximate surface area is 190 Å². The van der Waals surface area contributed by atoms with Gasteiger partial charge in [0.2, 0.25) is 5.95 Å². The molecule has 5 rings (SSSR count). The van der Waals surface area contributed by atoms with Gasteiger partial charge in [0, 0.05) is 53.0 Å². The van der Waals surface area contributed by atoms with E-state index < -0.39 is 0 Å². The van der Waals surface area contributed by atoms with E-state index in [2.05, 4.69) is 20.1 Å². The molecule has 2 fully saturated rings. The first kappa shape index (κ1) is 21.5. The van der Waals surface area contributed by atoms with Crippen LogP contribution in [0.2, 0.25) is 0 Å². The molecule has 0 N–H and O–H groups in total. The zero-order valence-electron chi connectivity index (χ0n) is 18.8. The van der Waals surface area contributed by atoms with Crippen molar-refractivity contribution in [2.75, 3.05) is 51.4 Å². The fraction of sp³-hybridized carbons (Fsp3) is 0.500. The van der Waals surface area contributed by atoms with Crippen molar-refractivity contribution >= 4 is 23.3 Å². The molecule has 1 unspecified atom stereocenters. The second-order valence-corrected chi connectivity index (χ2v) is 8.38. The molecule has 174 valence electrons. The third-order valence-electron chi connectivity index (χ3n) is 6.24. The summed E-state index contributed by atoms with van der Waals surface area (Å²) in [5.74, 6) is 0.294. The van der Waals surface area contributed by atoms with Gasteiger partial charge in [-0.15, -0.1) is 5.10 Å². The molecule has 11 nitrogen and oxygen atoms in total. The molecule has 3 aromatic heterocycles. The predicted molar refractivity (Wildman–Crippen MR) is 119 cm³/mol. The van der Waals surface area contributed by atoms with Gasteiger partial charge in [0.1, 0.15) is 5.69 Å². The third kappa shape index (κ3) is 4.21. The summed E-state index contributed by atoms with van der Waals surface area (Å²) in [6.45, 7) is 3.63. The minimum atomic E-state index is -0.189. The van der Waals surface area contributed by atoms with Crippen LogP contribution >= 0.6 is 0 Å². The molecule has 0 bridgehead atoms. The number of Topliss-reactive ketones (excluding diaryl/α,β-unsaturated/α-hetero) is 1. The molecule has 5 heterocycles. The van der Waals surface area contributed by atoms with Crippen LogP contribution in [0.1, 0.15) is 32.8 Å². The zero-order valence-corrected chi connectivity index (χ0v) is 18.8. The number of anilines is 1. The van der Waals surface area contributed by atoms with Gasteiger partial charge in [-0.05, 0) is 18.1 Å². The summed E-state index contributed by atoms with van der Waals surface area (Å²) in [5.41, 5.74) is 2.14. The number of methoxy groups -OCH3 is 1. The van der Waals surface area contributed by atoms with Crippen molar-refractivity contribution in [3.05, 3.63) is 41.3 Å². The van der Waals surface area contributed by atoms with Gasteiger partial charge in [0.05, 0.1) is 31.1 Å². The molecule has 3 aromatic rings. The summed E-state index contributed by atoms with van der Waals surface area (Å²) in [5, 5.41) is 8.77. The van der Waals surface area contributed by atoms with Crippen LogP contribution in [-0.4, -0.2) is 93.6 Å². The lowest BCUT2D eigenvalue weighted by molar-refractivity contribution is 0.0301. The van der Waals surface area contributed by atoms with E-state index in [9.17, 15) is 9.59 Å². The number of nitrogens with zero attached hydrogens (tertiary/aromatic N) is 7. The first-order valence-corrected chi connectivity index (χ1v) is 11.1. The lowest BCUT2D eigenvalue weighted by atomic mass is 10.1. The number of rotatable bonds is 6. The Balaban J connectivity index is 1.34. The summed E-state index contributed by atoms with van der Waals surface area (Å²) in [7, 11) is 3.40. The fourth-order valence-electron chi connectivity index (χ4n) is 4.39. The molecule has 0 aliphatic carbocycles. The molecular weight excluding hydrogens is 426 g/mol. The summed E-state index contributed by atoms with van der Waals surface area (Å²) < 4.78 is 13.9. The number of aromatic nitrogens is 5. The van der Waals surface area contributed by atoms with Crippen molar-refractivity contribution in [1.82, 2.24) is 29.3 Å². The van der Waals surface area contributed by atoms with E-state index in [1.807, 2.05) is 18.3 Å². The van der Waals surface area contributed by atoms with Gasteiger partial charge in [-0.3, -0.25) is 14.3 Å². The van der Waals surface area contributed by atoms with E-state index in [4.69, 9.17) is 9.47 Å². The van der Waals surface area contributed by atoms with E-state index in [1.165, 1.54) is 10.9 Å². The number of hydrogen-bond acceptors (Lipinski definition) is 8. The zero-order chi connectivity index (χ0) is 22.9. The summed E-state index contributed by atoms with van der Waals surface area (Å²) >= 11 is 0. The largest absolute Gasteiger partial charge is 0.380 e. The number of carbonyl (C=O) groups excluding carboxylic acids is 2. The van der Waals surface area contributed by atoms with E-state index in [0.29, 0.717) is 49.2 Å². The van der Waals surface area contributed by atoms with Crippen LogP contribution in [0, 0.1) is 0 Å². The highest BCUT2D eigenvalue weighted by molar-refractivity contribution is 6.07. The monoisotopic (exact) mass is 453 g/mol. The SMILES string of the molecule is COC1CCN(c2nc3ccc(CC(=O)c4c(C(=O)N5CCOCC5)cnn4C)cn3n2)C1. The van der Waals surface area contributed by atoms with Crippen molar-refractivity contribution in [2.24, 2.45) is 7.05 Å². The number of hydrogen-bond donors (Lipinski definition) is 0. The summed E-state index contributed by atoms with van der Waals surface area (Å²) in [4.78, 5) is 34.6. The molecule has 0 saturated carbocycles. The van der Waals surface area contributed by atoms with E-state index in [0.717, 1.165) is 25.1 Å². The first-order chi connectivity index (χ1) is 16.0. The third-order valence-corrected chi connectivity index (χ3v) is 6.24. The topological polar surface area (TPSA) is 107 Å². The normalized spacial score (nSPS) is 18.9. The molecule has 11 heteroatoms. The number of ketones is 1. The van der Waals surface area contributed by atoms with Crippen molar-refractivity contribution in [2.45, 2.75) is 18.9 Å². The van der Waals surface area contributed by atoms with Crippen LogP contribution in [0.5, 0.6) is 0 Å². The Morgan fingerprint density at radius 2 is 2.03 bits per heavy atom. The van der Waals surface area contributed by atoms with Crippen LogP contribution < -0.4 is 4.90 Å². The van der Waals surface area contributed by atoms with E-state index in [-0.39, 0.29) is 24.2 Å². The van der Waals surface area contributed by atoms with E-state index in [1.54, 1.807) is 23.6 Å². The van der Waals surface area contributed by atoms with Crippen LogP contribution in [0.3, 0.4) is 0 Å². The standard InChI is InChI=1S/C22H27N7O4/c1-26-20(17(12-23-26)21(31)27-7-9-33-10-8-27)18(30)11-15-3-4-19-24-22(25-29(19)13-15)28-6-5-16(14-28)32-2/h3-4,12-13,16H,5-11,14H2,1-2H3. The molecule has 0 aromatic carbocycles. The maximum absolute atomic E-state index is 13.2. The van der Waals surface area contributed by atoms with Gasteiger partial charge in [-0.25, -0.2) is 4.52 Å². The minimum absolute atomic E-state index is 0.128.